The molecule has 1 atom stereocenters. The van der Waals surface area contributed by atoms with E-state index in [0.29, 0.717) is 6.54 Å². The van der Waals surface area contributed by atoms with Gasteiger partial charge in [-0.2, -0.15) is 5.10 Å². The fourth-order valence-corrected chi connectivity index (χ4v) is 1.35. The van der Waals surface area contributed by atoms with Crippen molar-refractivity contribution in [2.24, 2.45) is 18.7 Å². The van der Waals surface area contributed by atoms with Gasteiger partial charge in [0.2, 0.25) is 5.91 Å². The molecule has 1 unspecified atom stereocenters. The number of primary amides is 1. The van der Waals surface area contributed by atoms with E-state index in [1.165, 1.54) is 0 Å². The number of aromatic nitrogens is 2. The van der Waals surface area contributed by atoms with Crippen molar-refractivity contribution in [1.82, 2.24) is 15.1 Å². The zero-order chi connectivity index (χ0) is 11.4. The Hall–Kier alpha value is -1.36. The fourth-order valence-electron chi connectivity index (χ4n) is 1.35. The summed E-state index contributed by atoms with van der Waals surface area (Å²) >= 11 is 0. The van der Waals surface area contributed by atoms with E-state index in [1.807, 2.05) is 27.1 Å². The Morgan fingerprint density at radius 1 is 1.73 bits per heavy atom. The minimum absolute atomic E-state index is 0.137. The normalized spacial score (nSPS) is 12.7. The summed E-state index contributed by atoms with van der Waals surface area (Å²) in [6.45, 7) is 5.10. The lowest BCUT2D eigenvalue weighted by atomic mass is 10.1. The molecule has 1 amide bonds. The zero-order valence-electron chi connectivity index (χ0n) is 9.45. The lowest BCUT2D eigenvalue weighted by Gasteiger charge is -2.08. The number of nitrogens with zero attached hydrogens (tertiary/aromatic N) is 2. The third-order valence-corrected chi connectivity index (χ3v) is 2.37. The number of aryl methyl sites for hydroxylation is 2. The van der Waals surface area contributed by atoms with E-state index in [0.717, 1.165) is 17.8 Å². The number of rotatable bonds is 5. The molecule has 0 fully saturated rings. The number of carbonyl (C=O) groups excluding carboxylic acids is 1. The van der Waals surface area contributed by atoms with Crippen LogP contribution in [0.25, 0.3) is 0 Å². The SMILES string of the molecule is Cc1nn(C)cc1CNCC(C)C(N)=O. The quantitative estimate of drug-likeness (QED) is 0.715. The van der Waals surface area contributed by atoms with Gasteiger partial charge in [0.05, 0.1) is 5.69 Å². The fraction of sp³-hybridized carbons (Fsp3) is 0.600. The third kappa shape index (κ3) is 3.36. The van der Waals surface area contributed by atoms with Gasteiger partial charge in [-0.3, -0.25) is 9.48 Å². The van der Waals surface area contributed by atoms with Gasteiger partial charge in [-0.25, -0.2) is 0 Å². The Labute approximate surface area is 89.6 Å². The summed E-state index contributed by atoms with van der Waals surface area (Å²) in [5.41, 5.74) is 7.31. The van der Waals surface area contributed by atoms with Crippen LogP contribution in [0.5, 0.6) is 0 Å². The standard InChI is InChI=1S/C10H18N4O/c1-7(10(11)15)4-12-5-9-6-14(3)13-8(9)2/h6-7,12H,4-5H2,1-3H3,(H2,11,15). The predicted molar refractivity (Wildman–Crippen MR) is 58.0 cm³/mol. The van der Waals surface area contributed by atoms with Gasteiger partial charge in [-0.15, -0.1) is 0 Å². The van der Waals surface area contributed by atoms with Crippen molar-refractivity contribution in [3.63, 3.8) is 0 Å². The van der Waals surface area contributed by atoms with Crippen molar-refractivity contribution >= 4 is 5.91 Å². The summed E-state index contributed by atoms with van der Waals surface area (Å²) in [4.78, 5) is 10.8. The highest BCUT2D eigenvalue weighted by Gasteiger charge is 2.08. The van der Waals surface area contributed by atoms with Crippen LogP contribution in [0.1, 0.15) is 18.2 Å². The van der Waals surface area contributed by atoms with Crippen molar-refractivity contribution in [2.75, 3.05) is 6.54 Å². The number of nitrogens with two attached hydrogens (primary N) is 1. The van der Waals surface area contributed by atoms with Crippen LogP contribution in [0.3, 0.4) is 0 Å². The first-order valence-electron chi connectivity index (χ1n) is 5.00. The Morgan fingerprint density at radius 2 is 2.40 bits per heavy atom. The highest BCUT2D eigenvalue weighted by Crippen LogP contribution is 2.03. The topological polar surface area (TPSA) is 72.9 Å². The van der Waals surface area contributed by atoms with Gasteiger partial charge >= 0.3 is 0 Å². The van der Waals surface area contributed by atoms with Gasteiger partial charge in [0.1, 0.15) is 0 Å². The molecule has 0 spiro atoms. The molecule has 0 saturated heterocycles. The largest absolute Gasteiger partial charge is 0.369 e. The average molecular weight is 210 g/mol. The van der Waals surface area contributed by atoms with Gasteiger partial charge < -0.3 is 11.1 Å². The molecular weight excluding hydrogens is 192 g/mol. The maximum absolute atomic E-state index is 10.8. The summed E-state index contributed by atoms with van der Waals surface area (Å²) in [6, 6.07) is 0. The molecule has 0 radical (unpaired) electrons. The van der Waals surface area contributed by atoms with Gasteiger partial charge in [0.15, 0.2) is 0 Å². The zero-order valence-corrected chi connectivity index (χ0v) is 9.45. The third-order valence-electron chi connectivity index (χ3n) is 2.37. The molecule has 0 aliphatic heterocycles. The van der Waals surface area contributed by atoms with Gasteiger partial charge in [-0.05, 0) is 6.92 Å². The molecule has 1 aromatic rings. The second-order valence-corrected chi connectivity index (χ2v) is 3.85. The summed E-state index contributed by atoms with van der Waals surface area (Å²) in [6.07, 6.45) is 1.97. The van der Waals surface area contributed by atoms with E-state index in [4.69, 9.17) is 5.73 Å². The van der Waals surface area contributed by atoms with E-state index in [2.05, 4.69) is 10.4 Å². The van der Waals surface area contributed by atoms with E-state index in [1.54, 1.807) is 4.68 Å². The molecule has 15 heavy (non-hydrogen) atoms. The molecule has 84 valence electrons. The van der Waals surface area contributed by atoms with Crippen LogP contribution in [0.15, 0.2) is 6.20 Å². The second-order valence-electron chi connectivity index (χ2n) is 3.85. The maximum atomic E-state index is 10.8. The number of nitrogens with one attached hydrogen (secondary N) is 1. The van der Waals surface area contributed by atoms with Crippen LogP contribution in [0, 0.1) is 12.8 Å². The molecule has 0 bridgehead atoms. The summed E-state index contributed by atoms with van der Waals surface area (Å²) in [7, 11) is 1.89. The summed E-state index contributed by atoms with van der Waals surface area (Å²) < 4.78 is 1.78. The summed E-state index contributed by atoms with van der Waals surface area (Å²) in [5.74, 6) is -0.410. The van der Waals surface area contributed by atoms with Crippen LogP contribution < -0.4 is 11.1 Å². The van der Waals surface area contributed by atoms with Crippen molar-refractivity contribution in [3.05, 3.63) is 17.5 Å². The van der Waals surface area contributed by atoms with E-state index in [9.17, 15) is 4.79 Å². The maximum Gasteiger partial charge on any atom is 0.221 e. The Kier molecular flexibility index (Phi) is 3.85. The first-order valence-corrected chi connectivity index (χ1v) is 5.00. The Bertz CT molecular complexity index is 345. The van der Waals surface area contributed by atoms with E-state index in [-0.39, 0.29) is 11.8 Å². The predicted octanol–water partition coefficient (Wildman–Crippen LogP) is -0.0605. The van der Waals surface area contributed by atoms with E-state index < -0.39 is 0 Å². The highest BCUT2D eigenvalue weighted by molar-refractivity contribution is 5.76. The lowest BCUT2D eigenvalue weighted by molar-refractivity contribution is -0.121. The number of carbonyl (C=O) groups is 1. The Morgan fingerprint density at radius 3 is 2.87 bits per heavy atom. The molecule has 0 aliphatic carbocycles. The first kappa shape index (κ1) is 11.7. The number of hydrogen-bond donors (Lipinski definition) is 2. The minimum Gasteiger partial charge on any atom is -0.369 e. The molecule has 1 aromatic heterocycles. The molecular formula is C10H18N4O. The molecule has 1 rings (SSSR count). The van der Waals surface area contributed by atoms with Crippen LogP contribution in [-0.2, 0) is 18.4 Å². The monoisotopic (exact) mass is 210 g/mol. The smallest absolute Gasteiger partial charge is 0.221 e. The van der Waals surface area contributed by atoms with Gasteiger partial charge in [-0.1, -0.05) is 6.92 Å². The molecule has 0 aromatic carbocycles. The number of hydrogen-bond acceptors (Lipinski definition) is 3. The molecule has 5 heteroatoms. The van der Waals surface area contributed by atoms with Crippen molar-refractivity contribution in [2.45, 2.75) is 20.4 Å². The van der Waals surface area contributed by atoms with Crippen LogP contribution in [-0.4, -0.2) is 22.2 Å². The second kappa shape index (κ2) is 4.93. The van der Waals surface area contributed by atoms with Crippen LogP contribution in [0.2, 0.25) is 0 Å². The highest BCUT2D eigenvalue weighted by atomic mass is 16.1. The first-order chi connectivity index (χ1) is 7.00. The average Bonchev–Trinajstić information content (AvgIpc) is 2.45. The van der Waals surface area contributed by atoms with E-state index >= 15 is 0 Å². The molecule has 5 nitrogen and oxygen atoms in total. The number of amides is 1. The van der Waals surface area contributed by atoms with Gasteiger partial charge in [0, 0.05) is 37.8 Å². The molecule has 3 N–H and O–H groups in total. The lowest BCUT2D eigenvalue weighted by Crippen LogP contribution is -2.30. The van der Waals surface area contributed by atoms with Crippen LogP contribution in [0.4, 0.5) is 0 Å². The van der Waals surface area contributed by atoms with Gasteiger partial charge in [0.25, 0.3) is 0 Å². The molecule has 0 saturated carbocycles. The van der Waals surface area contributed by atoms with Crippen LogP contribution >= 0.6 is 0 Å². The minimum atomic E-state index is -0.273. The van der Waals surface area contributed by atoms with Crippen molar-refractivity contribution < 1.29 is 4.79 Å². The molecule has 0 aliphatic rings. The van der Waals surface area contributed by atoms with Crippen molar-refractivity contribution in [1.29, 1.82) is 0 Å². The molecule has 1 heterocycles. The Balaban J connectivity index is 2.38. The van der Waals surface area contributed by atoms with Crippen molar-refractivity contribution in [3.8, 4) is 0 Å². The summed E-state index contributed by atoms with van der Waals surface area (Å²) in [5, 5.41) is 7.41.